The van der Waals surface area contributed by atoms with Gasteiger partial charge >= 0.3 is 5.97 Å². The topological polar surface area (TPSA) is 56.5 Å². The maximum absolute atomic E-state index is 11.9. The first-order valence-electron chi connectivity index (χ1n) is 12.0. The number of esters is 1. The molecule has 0 fully saturated rings. The second-order valence-electron chi connectivity index (χ2n) is 8.27. The van der Waals surface area contributed by atoms with Gasteiger partial charge in [0.05, 0.1) is 17.8 Å². The zero-order chi connectivity index (χ0) is 23.9. The van der Waals surface area contributed by atoms with Gasteiger partial charge in [0.25, 0.3) is 0 Å². The largest absolute Gasteiger partial charge is 0.466 e. The Hall–Kier alpha value is -3.73. The quantitative estimate of drug-likeness (QED) is 0.202. The lowest BCUT2D eigenvalue weighted by Gasteiger charge is -2.18. The molecule has 0 aliphatic heterocycles. The van der Waals surface area contributed by atoms with E-state index in [1.54, 1.807) is 0 Å². The smallest absolute Gasteiger partial charge is 0.305 e. The molecule has 0 bridgehead atoms. The maximum atomic E-state index is 11.9. The van der Waals surface area contributed by atoms with Gasteiger partial charge in [-0.25, -0.2) is 4.52 Å². The molecule has 0 saturated heterocycles. The molecule has 34 heavy (non-hydrogen) atoms. The van der Waals surface area contributed by atoms with E-state index in [1.807, 2.05) is 43.6 Å². The molecule has 0 radical (unpaired) electrons. The number of nitrogens with zero attached hydrogens (tertiary/aromatic N) is 3. The summed E-state index contributed by atoms with van der Waals surface area (Å²) in [5, 5.41) is 5.13. The van der Waals surface area contributed by atoms with E-state index in [2.05, 4.69) is 53.3 Å². The zero-order valence-corrected chi connectivity index (χ0v) is 20.0. The lowest BCUT2D eigenvalue weighted by Crippen LogP contribution is -2.07. The van der Waals surface area contributed by atoms with Crippen molar-refractivity contribution in [3.63, 3.8) is 0 Å². The van der Waals surface area contributed by atoms with Crippen LogP contribution in [0.25, 0.3) is 34.0 Å². The van der Waals surface area contributed by atoms with Crippen molar-refractivity contribution in [3.05, 3.63) is 84.3 Å². The van der Waals surface area contributed by atoms with Gasteiger partial charge in [-0.1, -0.05) is 49.9 Å². The van der Waals surface area contributed by atoms with E-state index in [-0.39, 0.29) is 5.97 Å². The SMILES string of the molecule is C=Cc1cncc(-c2c(CCCCC(=O)OCC)c(-c3ccccc3)nn3c(CC)ccc23)c1. The van der Waals surface area contributed by atoms with Crippen molar-refractivity contribution in [1.82, 2.24) is 14.6 Å². The number of aromatic nitrogens is 3. The van der Waals surface area contributed by atoms with Gasteiger partial charge in [-0.2, -0.15) is 5.10 Å². The molecule has 3 heterocycles. The second-order valence-corrected chi connectivity index (χ2v) is 8.27. The fraction of sp³-hybridized carbons (Fsp3) is 0.276. The molecule has 0 saturated carbocycles. The van der Waals surface area contributed by atoms with E-state index in [0.717, 1.165) is 64.8 Å². The number of rotatable bonds is 10. The Labute approximate surface area is 201 Å². The third-order valence-electron chi connectivity index (χ3n) is 6.03. The minimum Gasteiger partial charge on any atom is -0.466 e. The summed E-state index contributed by atoms with van der Waals surface area (Å²) in [5.41, 5.74) is 8.61. The normalized spacial score (nSPS) is 11.0. The van der Waals surface area contributed by atoms with E-state index in [9.17, 15) is 4.79 Å². The molecule has 0 unspecified atom stereocenters. The molecule has 174 valence electrons. The van der Waals surface area contributed by atoms with Crippen LogP contribution in [0.4, 0.5) is 0 Å². The van der Waals surface area contributed by atoms with Gasteiger partial charge in [0.15, 0.2) is 0 Å². The molecular formula is C29H31N3O2. The molecule has 0 spiro atoms. The van der Waals surface area contributed by atoms with Gasteiger partial charge in [-0.05, 0) is 61.9 Å². The number of benzene rings is 1. The molecule has 4 aromatic rings. The predicted octanol–water partition coefficient (Wildman–Crippen LogP) is 6.54. The molecule has 0 aliphatic rings. The minimum atomic E-state index is -0.137. The van der Waals surface area contributed by atoms with Crippen LogP contribution in [-0.2, 0) is 22.4 Å². The minimum absolute atomic E-state index is 0.137. The van der Waals surface area contributed by atoms with Crippen LogP contribution in [0.15, 0.2) is 67.5 Å². The van der Waals surface area contributed by atoms with E-state index >= 15 is 0 Å². The van der Waals surface area contributed by atoms with Crippen molar-refractivity contribution in [3.8, 4) is 22.4 Å². The van der Waals surface area contributed by atoms with Crippen LogP contribution in [0.2, 0.25) is 0 Å². The average Bonchev–Trinajstić information content (AvgIpc) is 3.29. The van der Waals surface area contributed by atoms with Crippen LogP contribution in [0.1, 0.15) is 49.9 Å². The first-order valence-corrected chi connectivity index (χ1v) is 12.0. The van der Waals surface area contributed by atoms with Crippen LogP contribution in [0.3, 0.4) is 0 Å². The monoisotopic (exact) mass is 453 g/mol. The van der Waals surface area contributed by atoms with Crippen molar-refractivity contribution in [2.75, 3.05) is 6.61 Å². The van der Waals surface area contributed by atoms with Crippen molar-refractivity contribution in [1.29, 1.82) is 0 Å². The number of carbonyl (C=O) groups is 1. The second kappa shape index (κ2) is 10.9. The Kier molecular flexibility index (Phi) is 7.53. The first-order chi connectivity index (χ1) is 16.7. The number of fused-ring (bicyclic) bond motifs is 1. The fourth-order valence-corrected chi connectivity index (χ4v) is 4.38. The molecule has 5 nitrogen and oxygen atoms in total. The highest BCUT2D eigenvalue weighted by Gasteiger charge is 2.20. The standard InChI is InChI=1S/C29H31N3O2/c1-4-21-18-23(20-30-19-21)28-25(14-10-11-15-27(33)34-6-3)29(22-12-8-7-9-13-22)31-32-24(5-2)16-17-26(28)32/h4,7-9,12-13,16-20H,1,5-6,10-11,14-15H2,2-3H3. The number of carbonyl (C=O) groups excluding carboxylic acids is 1. The molecule has 0 amide bonds. The average molecular weight is 454 g/mol. The maximum Gasteiger partial charge on any atom is 0.305 e. The lowest BCUT2D eigenvalue weighted by atomic mass is 9.92. The highest BCUT2D eigenvalue weighted by atomic mass is 16.5. The Bertz CT molecular complexity index is 1290. The van der Waals surface area contributed by atoms with E-state index in [0.29, 0.717) is 13.0 Å². The predicted molar refractivity (Wildman–Crippen MR) is 138 cm³/mol. The Balaban J connectivity index is 1.88. The summed E-state index contributed by atoms with van der Waals surface area (Å²) >= 11 is 0. The summed E-state index contributed by atoms with van der Waals surface area (Å²) in [6.07, 6.45) is 9.30. The lowest BCUT2D eigenvalue weighted by molar-refractivity contribution is -0.143. The number of hydrogen-bond acceptors (Lipinski definition) is 4. The van der Waals surface area contributed by atoms with Gasteiger partial charge in [0.1, 0.15) is 0 Å². The third-order valence-corrected chi connectivity index (χ3v) is 6.03. The zero-order valence-electron chi connectivity index (χ0n) is 20.0. The third kappa shape index (κ3) is 4.93. The number of pyridine rings is 1. The number of ether oxygens (including phenoxy) is 1. The van der Waals surface area contributed by atoms with E-state index in [1.165, 1.54) is 5.56 Å². The number of hydrogen-bond donors (Lipinski definition) is 0. The van der Waals surface area contributed by atoms with Crippen molar-refractivity contribution in [2.45, 2.75) is 46.0 Å². The van der Waals surface area contributed by atoms with Crippen LogP contribution in [0, 0.1) is 0 Å². The number of unbranched alkanes of at least 4 members (excludes halogenated alkanes) is 1. The van der Waals surface area contributed by atoms with Gasteiger partial charge in [-0.3, -0.25) is 9.78 Å². The van der Waals surface area contributed by atoms with Crippen LogP contribution in [0.5, 0.6) is 0 Å². The Morgan fingerprint density at radius 3 is 2.62 bits per heavy atom. The summed E-state index contributed by atoms with van der Waals surface area (Å²) in [5.74, 6) is -0.137. The Morgan fingerprint density at radius 2 is 1.88 bits per heavy atom. The van der Waals surface area contributed by atoms with Crippen molar-refractivity contribution in [2.24, 2.45) is 0 Å². The van der Waals surface area contributed by atoms with E-state index in [4.69, 9.17) is 9.84 Å². The fourth-order valence-electron chi connectivity index (χ4n) is 4.38. The summed E-state index contributed by atoms with van der Waals surface area (Å²) < 4.78 is 7.18. The highest BCUT2D eigenvalue weighted by molar-refractivity contribution is 5.88. The van der Waals surface area contributed by atoms with Gasteiger partial charge in [0, 0.05) is 41.2 Å². The number of aryl methyl sites for hydroxylation is 1. The van der Waals surface area contributed by atoms with E-state index < -0.39 is 0 Å². The van der Waals surface area contributed by atoms with Crippen LogP contribution < -0.4 is 0 Å². The van der Waals surface area contributed by atoms with Crippen LogP contribution in [-0.4, -0.2) is 27.2 Å². The van der Waals surface area contributed by atoms with Gasteiger partial charge < -0.3 is 4.74 Å². The summed E-state index contributed by atoms with van der Waals surface area (Å²) in [6, 6.07) is 16.7. The molecule has 5 heteroatoms. The molecule has 4 rings (SSSR count). The van der Waals surface area contributed by atoms with Crippen molar-refractivity contribution < 1.29 is 9.53 Å². The first kappa shape index (κ1) is 23.4. The highest BCUT2D eigenvalue weighted by Crippen LogP contribution is 2.36. The molecule has 0 N–H and O–H groups in total. The molecule has 0 aliphatic carbocycles. The van der Waals surface area contributed by atoms with Crippen molar-refractivity contribution >= 4 is 17.6 Å². The molecular weight excluding hydrogens is 422 g/mol. The Morgan fingerprint density at radius 1 is 1.06 bits per heavy atom. The summed E-state index contributed by atoms with van der Waals surface area (Å²) in [6.45, 7) is 8.33. The van der Waals surface area contributed by atoms with Gasteiger partial charge in [-0.15, -0.1) is 0 Å². The summed E-state index contributed by atoms with van der Waals surface area (Å²) in [7, 11) is 0. The summed E-state index contributed by atoms with van der Waals surface area (Å²) in [4.78, 5) is 16.3. The molecule has 0 atom stereocenters. The molecule has 3 aromatic heterocycles. The molecule has 1 aromatic carbocycles. The van der Waals surface area contributed by atoms with Gasteiger partial charge in [0.2, 0.25) is 0 Å². The van der Waals surface area contributed by atoms with Crippen LogP contribution >= 0.6 is 0 Å².